The van der Waals surface area contributed by atoms with Crippen LogP contribution >= 0.6 is 0 Å². The summed E-state index contributed by atoms with van der Waals surface area (Å²) in [6.07, 6.45) is 6.81. The van der Waals surface area contributed by atoms with Crippen LogP contribution in [0.1, 0.15) is 25.0 Å². The summed E-state index contributed by atoms with van der Waals surface area (Å²) in [7, 11) is -0.306. The van der Waals surface area contributed by atoms with Crippen LogP contribution < -0.4 is 5.19 Å². The average molecular weight is 241 g/mol. The topological polar surface area (TPSA) is 0 Å². The molecule has 0 atom stereocenters. The van der Waals surface area contributed by atoms with Crippen molar-refractivity contribution in [1.82, 2.24) is 0 Å². The van der Waals surface area contributed by atoms with Crippen LogP contribution in [0.15, 0.2) is 42.0 Å². The van der Waals surface area contributed by atoms with Gasteiger partial charge in [-0.3, -0.25) is 0 Å². The highest BCUT2D eigenvalue weighted by Crippen LogP contribution is 2.27. The smallest absolute Gasteiger partial charge is 0.0717 e. The van der Waals surface area contributed by atoms with Crippen molar-refractivity contribution in [3.8, 4) is 0 Å². The zero-order valence-corrected chi connectivity index (χ0v) is 12.7. The first kappa shape index (κ1) is 12.4. The van der Waals surface area contributed by atoms with Gasteiger partial charge in [-0.25, -0.2) is 0 Å². The Hall–Kier alpha value is -1.08. The molecule has 1 aliphatic carbocycles. The van der Waals surface area contributed by atoms with E-state index in [2.05, 4.69) is 64.1 Å². The molecule has 0 unspecified atom stereocenters. The number of aryl methyl sites for hydroxylation is 2. The van der Waals surface area contributed by atoms with E-state index < -0.39 is 0 Å². The molecule has 1 aromatic carbocycles. The molecular weight excluding hydrogens is 220 g/mol. The van der Waals surface area contributed by atoms with Crippen LogP contribution in [0.25, 0.3) is 0 Å². The molecule has 0 saturated heterocycles. The Morgan fingerprint density at radius 3 is 2.24 bits per heavy atom. The highest BCUT2D eigenvalue weighted by Gasteiger charge is 2.19. The minimum Gasteiger partial charge on any atom is -0.0764 e. The summed E-state index contributed by atoms with van der Waals surface area (Å²) in [5.74, 6) is 0.651. The van der Waals surface area contributed by atoms with E-state index >= 15 is 0 Å². The predicted octanol–water partition coefficient (Wildman–Crippen LogP) is 2.78. The van der Waals surface area contributed by atoms with Crippen molar-refractivity contribution in [2.75, 3.05) is 0 Å². The fourth-order valence-electron chi connectivity index (χ4n) is 2.59. The lowest BCUT2D eigenvalue weighted by Gasteiger charge is -2.16. The van der Waals surface area contributed by atoms with Crippen LogP contribution in [0.5, 0.6) is 0 Å². The monoisotopic (exact) mass is 241 g/mol. The molecule has 0 aromatic heterocycles. The highest BCUT2D eigenvalue weighted by atomic mass is 28.2. The van der Waals surface area contributed by atoms with Crippen molar-refractivity contribution in [2.45, 2.75) is 27.7 Å². The van der Waals surface area contributed by atoms with Gasteiger partial charge >= 0.3 is 0 Å². The second-order valence-electron chi connectivity index (χ2n) is 5.33. The molecule has 0 aliphatic heterocycles. The molecule has 0 N–H and O–H groups in total. The van der Waals surface area contributed by atoms with Crippen LogP contribution in [0.3, 0.4) is 0 Å². The van der Waals surface area contributed by atoms with Gasteiger partial charge in [-0.05, 0) is 19.8 Å². The van der Waals surface area contributed by atoms with Gasteiger partial charge in [0, 0.05) is 5.54 Å². The zero-order valence-electron chi connectivity index (χ0n) is 11.2. The summed E-state index contributed by atoms with van der Waals surface area (Å²) < 4.78 is 0. The van der Waals surface area contributed by atoms with Gasteiger partial charge in [0.1, 0.15) is 0 Å². The maximum absolute atomic E-state index is 2.36. The van der Waals surface area contributed by atoms with Crippen LogP contribution in [0, 0.1) is 25.3 Å². The van der Waals surface area contributed by atoms with Gasteiger partial charge in [0.2, 0.25) is 0 Å². The van der Waals surface area contributed by atoms with Crippen molar-refractivity contribution in [2.24, 2.45) is 5.92 Å². The summed E-state index contributed by atoms with van der Waals surface area (Å²) in [5.41, 5.74) is 5.95. The quantitative estimate of drug-likeness (QED) is 0.714. The third-order valence-corrected chi connectivity index (χ3v) is 5.08. The molecule has 0 heterocycles. The van der Waals surface area contributed by atoms with Gasteiger partial charge in [0.15, 0.2) is 0 Å². The molecule has 0 bridgehead atoms. The molecule has 0 spiro atoms. The van der Waals surface area contributed by atoms with Crippen LogP contribution in [0.4, 0.5) is 0 Å². The Bertz CT molecular complexity index is 446. The van der Waals surface area contributed by atoms with E-state index in [0.717, 1.165) is 0 Å². The summed E-state index contributed by atoms with van der Waals surface area (Å²) in [6.45, 7) is 8.96. The molecule has 0 amide bonds. The zero-order chi connectivity index (χ0) is 12.4. The fourth-order valence-corrected chi connectivity index (χ4v) is 4.86. The normalized spacial score (nSPS) is 16.4. The molecule has 0 nitrogen and oxygen atoms in total. The summed E-state index contributed by atoms with van der Waals surface area (Å²) in [4.78, 5) is 0. The lowest BCUT2D eigenvalue weighted by Crippen LogP contribution is -2.23. The van der Waals surface area contributed by atoms with Crippen LogP contribution in [-0.2, 0) is 0 Å². The Labute approximate surface area is 107 Å². The maximum atomic E-state index is 2.36. The third-order valence-electron chi connectivity index (χ3n) is 3.24. The highest BCUT2D eigenvalue weighted by molar-refractivity contribution is 6.61. The van der Waals surface area contributed by atoms with Gasteiger partial charge in [0.05, 0.1) is 9.52 Å². The van der Waals surface area contributed by atoms with E-state index in [1.165, 1.54) is 11.1 Å². The van der Waals surface area contributed by atoms with E-state index in [9.17, 15) is 0 Å². The standard InChI is InChI=1S/C16H21Si/c1-11(2)15-6-5-7-16(15)17-14-9-12(3)8-13(4)10-14/h5-11H,17H2,1-4H3. The van der Waals surface area contributed by atoms with Crippen molar-refractivity contribution in [3.05, 3.63) is 58.7 Å². The average Bonchev–Trinajstić information content (AvgIpc) is 2.63. The summed E-state index contributed by atoms with van der Waals surface area (Å²) in [5, 5.41) is 1.57. The number of benzene rings is 1. The number of allylic oxidation sites excluding steroid dienone is 4. The molecule has 0 saturated carbocycles. The van der Waals surface area contributed by atoms with E-state index in [1.807, 2.05) is 0 Å². The van der Waals surface area contributed by atoms with Gasteiger partial charge in [-0.2, -0.15) is 0 Å². The number of hydrogen-bond donors (Lipinski definition) is 0. The van der Waals surface area contributed by atoms with Crippen molar-refractivity contribution < 1.29 is 0 Å². The Balaban J connectivity index is 2.16. The van der Waals surface area contributed by atoms with Gasteiger partial charge in [-0.1, -0.05) is 72.2 Å². The van der Waals surface area contributed by atoms with Crippen molar-refractivity contribution in [1.29, 1.82) is 0 Å². The molecule has 1 heteroatoms. The molecular formula is C16H21Si. The molecule has 1 radical (unpaired) electrons. The van der Waals surface area contributed by atoms with Crippen LogP contribution in [0.2, 0.25) is 0 Å². The lowest BCUT2D eigenvalue weighted by molar-refractivity contribution is 0.778. The molecule has 2 rings (SSSR count). The van der Waals surface area contributed by atoms with E-state index in [4.69, 9.17) is 0 Å². The first-order valence-corrected chi connectivity index (χ1v) is 7.79. The van der Waals surface area contributed by atoms with E-state index in [1.54, 1.807) is 16.3 Å². The maximum Gasteiger partial charge on any atom is 0.0717 e. The number of rotatable bonds is 3. The van der Waals surface area contributed by atoms with Crippen LogP contribution in [-0.4, -0.2) is 9.52 Å². The molecule has 0 fully saturated rings. The van der Waals surface area contributed by atoms with E-state index in [0.29, 0.717) is 5.92 Å². The second kappa shape index (κ2) is 5.05. The van der Waals surface area contributed by atoms with Gasteiger partial charge in [0.25, 0.3) is 0 Å². The second-order valence-corrected chi connectivity index (χ2v) is 7.27. The predicted molar refractivity (Wildman–Crippen MR) is 79.4 cm³/mol. The van der Waals surface area contributed by atoms with Gasteiger partial charge < -0.3 is 0 Å². The Kier molecular flexibility index (Phi) is 3.68. The minimum absolute atomic E-state index is 0.306. The van der Waals surface area contributed by atoms with Gasteiger partial charge in [-0.15, -0.1) is 0 Å². The van der Waals surface area contributed by atoms with Crippen molar-refractivity contribution >= 4 is 14.7 Å². The SMILES string of the molecule is Cc1cc(C)cc([SiH2][C]2C=CC=C2C(C)C)c1. The first-order chi connectivity index (χ1) is 8.06. The molecule has 17 heavy (non-hydrogen) atoms. The molecule has 1 aromatic rings. The Morgan fingerprint density at radius 2 is 1.65 bits per heavy atom. The van der Waals surface area contributed by atoms with E-state index in [-0.39, 0.29) is 9.52 Å². The third kappa shape index (κ3) is 2.98. The largest absolute Gasteiger partial charge is 0.0764 e. The number of hydrogen-bond acceptors (Lipinski definition) is 0. The lowest BCUT2D eigenvalue weighted by atomic mass is 10.0. The Morgan fingerprint density at radius 1 is 1.00 bits per heavy atom. The fraction of sp³-hybridized carbons (Fsp3) is 0.312. The molecule has 1 aliphatic rings. The van der Waals surface area contributed by atoms with Crippen molar-refractivity contribution in [3.63, 3.8) is 0 Å². The minimum atomic E-state index is -0.306. The molecule has 89 valence electrons. The summed E-state index contributed by atoms with van der Waals surface area (Å²) >= 11 is 0. The first-order valence-electron chi connectivity index (χ1n) is 6.38. The summed E-state index contributed by atoms with van der Waals surface area (Å²) in [6, 6.07) is 6.97.